The summed E-state index contributed by atoms with van der Waals surface area (Å²) in [7, 11) is 0. The fourth-order valence-corrected chi connectivity index (χ4v) is 5.00. The molecule has 0 aliphatic carbocycles. The molecule has 5 rings (SSSR count). The fourth-order valence-electron chi connectivity index (χ4n) is 3.95. The van der Waals surface area contributed by atoms with Crippen LogP contribution in [0.3, 0.4) is 0 Å². The number of piperidine rings is 1. The molecule has 3 N–H and O–H groups in total. The number of H-pyrrole nitrogens is 1. The number of aryl methyl sites for hydroxylation is 1. The molecule has 9 nitrogen and oxygen atoms in total. The summed E-state index contributed by atoms with van der Waals surface area (Å²) in [5, 5.41) is 7.60. The number of hydrogen-bond acceptors (Lipinski definition) is 9. The standard InChI is InChI=1S/C20H25N7O2S/c1-12-16-14(4-6-22-12)30-19(24-16)15-17(23-13-3-2-5-21-11-13)25-20(26-18(15)28)27-7-9-29-10-8-27/h4,6,13,21H,2-3,5,7-11H2,1H3,(H2,23,25,26,28)/t13-/m1/s1. The van der Waals surface area contributed by atoms with Gasteiger partial charge in [0.15, 0.2) is 0 Å². The van der Waals surface area contributed by atoms with Crippen LogP contribution in [-0.4, -0.2) is 65.4 Å². The Morgan fingerprint density at radius 3 is 2.93 bits per heavy atom. The van der Waals surface area contributed by atoms with Gasteiger partial charge < -0.3 is 20.3 Å². The normalized spacial score (nSPS) is 19.9. The molecule has 30 heavy (non-hydrogen) atoms. The molecule has 0 unspecified atom stereocenters. The van der Waals surface area contributed by atoms with Crippen molar-refractivity contribution in [1.29, 1.82) is 0 Å². The number of aromatic nitrogens is 4. The van der Waals surface area contributed by atoms with Gasteiger partial charge in [0, 0.05) is 31.9 Å². The van der Waals surface area contributed by atoms with Crippen molar-refractivity contribution in [3.8, 4) is 10.6 Å². The highest BCUT2D eigenvalue weighted by molar-refractivity contribution is 7.21. The number of hydrogen-bond donors (Lipinski definition) is 3. The van der Waals surface area contributed by atoms with Crippen molar-refractivity contribution in [1.82, 2.24) is 25.3 Å². The first-order valence-electron chi connectivity index (χ1n) is 10.4. The molecule has 3 aromatic heterocycles. The first-order valence-corrected chi connectivity index (χ1v) is 11.2. The SMILES string of the molecule is Cc1nccc2sc(-c3c(N[C@@H]4CCCNC4)nc(N4CCOCC4)[nH]c3=O)nc12. The minimum Gasteiger partial charge on any atom is -0.378 e. The van der Waals surface area contributed by atoms with Gasteiger partial charge in [-0.05, 0) is 32.4 Å². The van der Waals surface area contributed by atoms with Crippen LogP contribution >= 0.6 is 11.3 Å². The van der Waals surface area contributed by atoms with Crippen LogP contribution in [0.1, 0.15) is 18.5 Å². The quantitative estimate of drug-likeness (QED) is 0.578. The van der Waals surface area contributed by atoms with Crippen LogP contribution in [0.5, 0.6) is 0 Å². The van der Waals surface area contributed by atoms with Gasteiger partial charge in [-0.25, -0.2) is 4.98 Å². The van der Waals surface area contributed by atoms with E-state index < -0.39 is 0 Å². The Balaban J connectivity index is 1.60. The van der Waals surface area contributed by atoms with Crippen molar-refractivity contribution in [2.75, 3.05) is 49.6 Å². The Morgan fingerprint density at radius 1 is 1.30 bits per heavy atom. The number of fused-ring (bicyclic) bond motifs is 1. The van der Waals surface area contributed by atoms with E-state index in [1.807, 2.05) is 13.0 Å². The molecule has 2 aliphatic rings. The van der Waals surface area contributed by atoms with Crippen molar-refractivity contribution in [3.05, 3.63) is 28.3 Å². The predicted molar refractivity (Wildman–Crippen MR) is 119 cm³/mol. The van der Waals surface area contributed by atoms with E-state index in [-0.39, 0.29) is 11.6 Å². The van der Waals surface area contributed by atoms with E-state index in [1.165, 1.54) is 11.3 Å². The lowest BCUT2D eigenvalue weighted by Gasteiger charge is -2.29. The molecule has 5 heterocycles. The zero-order chi connectivity index (χ0) is 20.5. The van der Waals surface area contributed by atoms with Gasteiger partial charge in [-0.2, -0.15) is 4.98 Å². The largest absolute Gasteiger partial charge is 0.378 e. The molecule has 0 radical (unpaired) electrons. The molecule has 2 saturated heterocycles. The third-order valence-electron chi connectivity index (χ3n) is 5.56. The molecule has 0 aromatic carbocycles. The number of anilines is 2. The van der Waals surface area contributed by atoms with Gasteiger partial charge in [-0.3, -0.25) is 14.8 Å². The summed E-state index contributed by atoms with van der Waals surface area (Å²) < 4.78 is 6.45. The zero-order valence-electron chi connectivity index (χ0n) is 16.9. The van der Waals surface area contributed by atoms with Gasteiger partial charge in [0.25, 0.3) is 5.56 Å². The summed E-state index contributed by atoms with van der Waals surface area (Å²) in [6.45, 7) is 6.48. The minimum atomic E-state index is -0.178. The number of nitrogens with one attached hydrogen (secondary N) is 3. The first kappa shape index (κ1) is 19.4. The maximum Gasteiger partial charge on any atom is 0.264 e. The highest BCUT2D eigenvalue weighted by atomic mass is 32.1. The summed E-state index contributed by atoms with van der Waals surface area (Å²) >= 11 is 1.50. The lowest BCUT2D eigenvalue weighted by atomic mass is 10.1. The molecule has 0 spiro atoms. The molecule has 10 heteroatoms. The van der Waals surface area contributed by atoms with Crippen molar-refractivity contribution in [3.63, 3.8) is 0 Å². The number of morpholine rings is 1. The third kappa shape index (κ3) is 3.78. The number of ether oxygens (including phenoxy) is 1. The second-order valence-electron chi connectivity index (χ2n) is 7.66. The summed E-state index contributed by atoms with van der Waals surface area (Å²) in [6.07, 6.45) is 3.91. The number of thiazole rings is 1. The van der Waals surface area contributed by atoms with Crippen molar-refractivity contribution < 1.29 is 4.74 Å². The summed E-state index contributed by atoms with van der Waals surface area (Å²) in [6, 6.07) is 2.16. The Hall–Kier alpha value is -2.56. The van der Waals surface area contributed by atoms with E-state index in [2.05, 4.69) is 25.5 Å². The second-order valence-corrected chi connectivity index (χ2v) is 8.69. The van der Waals surface area contributed by atoms with Crippen LogP contribution in [0.2, 0.25) is 0 Å². The lowest BCUT2D eigenvalue weighted by Crippen LogP contribution is -2.40. The molecule has 0 bridgehead atoms. The van der Waals surface area contributed by atoms with Gasteiger partial charge >= 0.3 is 0 Å². The monoisotopic (exact) mass is 427 g/mol. The molecule has 0 saturated carbocycles. The molecule has 1 atom stereocenters. The molecule has 3 aromatic rings. The lowest BCUT2D eigenvalue weighted by molar-refractivity contribution is 0.122. The molecule has 2 fully saturated rings. The molecular formula is C20H25N7O2S. The van der Waals surface area contributed by atoms with Gasteiger partial charge in [0.05, 0.1) is 23.6 Å². The van der Waals surface area contributed by atoms with Crippen LogP contribution in [0.4, 0.5) is 11.8 Å². The highest BCUT2D eigenvalue weighted by Crippen LogP contribution is 2.33. The third-order valence-corrected chi connectivity index (χ3v) is 6.60. The number of pyridine rings is 1. The average Bonchev–Trinajstić information content (AvgIpc) is 3.20. The zero-order valence-corrected chi connectivity index (χ0v) is 17.7. The van der Waals surface area contributed by atoms with Gasteiger partial charge in [-0.15, -0.1) is 11.3 Å². The van der Waals surface area contributed by atoms with E-state index in [4.69, 9.17) is 14.7 Å². The Bertz CT molecular complexity index is 1100. The van der Waals surface area contributed by atoms with E-state index in [9.17, 15) is 4.79 Å². The van der Waals surface area contributed by atoms with Crippen molar-refractivity contribution >= 4 is 33.3 Å². The maximum absolute atomic E-state index is 13.2. The van der Waals surface area contributed by atoms with Crippen LogP contribution in [0.15, 0.2) is 17.1 Å². The van der Waals surface area contributed by atoms with Crippen LogP contribution < -0.4 is 21.1 Å². The minimum absolute atomic E-state index is 0.178. The van der Waals surface area contributed by atoms with E-state index >= 15 is 0 Å². The molecule has 2 aliphatic heterocycles. The van der Waals surface area contributed by atoms with E-state index in [0.717, 1.165) is 41.8 Å². The van der Waals surface area contributed by atoms with Gasteiger partial charge in [-0.1, -0.05) is 0 Å². The Labute approximate surface area is 177 Å². The number of rotatable bonds is 4. The smallest absolute Gasteiger partial charge is 0.264 e. The average molecular weight is 428 g/mol. The van der Waals surface area contributed by atoms with Crippen LogP contribution in [0, 0.1) is 6.92 Å². The number of nitrogens with zero attached hydrogens (tertiary/aromatic N) is 4. The molecule has 0 amide bonds. The van der Waals surface area contributed by atoms with Crippen LogP contribution in [0.25, 0.3) is 20.8 Å². The fraction of sp³-hybridized carbons (Fsp3) is 0.500. The first-order chi connectivity index (χ1) is 14.7. The van der Waals surface area contributed by atoms with Gasteiger partial charge in [0.2, 0.25) is 5.95 Å². The van der Waals surface area contributed by atoms with Crippen molar-refractivity contribution in [2.24, 2.45) is 0 Å². The van der Waals surface area contributed by atoms with E-state index in [0.29, 0.717) is 48.6 Å². The second kappa shape index (κ2) is 8.29. The van der Waals surface area contributed by atoms with Crippen molar-refractivity contribution in [2.45, 2.75) is 25.8 Å². The Kier molecular flexibility index (Phi) is 5.36. The molecule has 158 valence electrons. The van der Waals surface area contributed by atoms with Gasteiger partial charge in [0.1, 0.15) is 21.9 Å². The predicted octanol–water partition coefficient (Wildman–Crippen LogP) is 1.75. The maximum atomic E-state index is 13.2. The summed E-state index contributed by atoms with van der Waals surface area (Å²) in [5.74, 6) is 1.18. The Morgan fingerprint density at radius 2 is 2.17 bits per heavy atom. The highest BCUT2D eigenvalue weighted by Gasteiger charge is 2.24. The summed E-state index contributed by atoms with van der Waals surface area (Å²) in [4.78, 5) is 32.2. The summed E-state index contributed by atoms with van der Waals surface area (Å²) in [5.41, 5.74) is 2.01. The number of aromatic amines is 1. The van der Waals surface area contributed by atoms with E-state index in [1.54, 1.807) is 6.20 Å². The van der Waals surface area contributed by atoms with Crippen LogP contribution in [-0.2, 0) is 4.74 Å². The molecular weight excluding hydrogens is 402 g/mol. The topological polar surface area (TPSA) is 108 Å².